The summed E-state index contributed by atoms with van der Waals surface area (Å²) in [5.41, 5.74) is 1.69. The molecule has 0 spiro atoms. The first kappa shape index (κ1) is 18.0. The lowest BCUT2D eigenvalue weighted by molar-refractivity contribution is 0.187. The lowest BCUT2D eigenvalue weighted by atomic mass is 9.97. The first-order chi connectivity index (χ1) is 13.7. The number of benzene rings is 2. The normalized spacial score (nSPS) is 14.7. The van der Waals surface area contributed by atoms with Crippen LogP contribution in [0.1, 0.15) is 24.7 Å². The van der Waals surface area contributed by atoms with Gasteiger partial charge in [-0.25, -0.2) is 4.79 Å². The van der Waals surface area contributed by atoms with Crippen molar-refractivity contribution in [1.82, 2.24) is 15.0 Å². The van der Waals surface area contributed by atoms with Crippen LogP contribution in [-0.4, -0.2) is 41.3 Å². The molecule has 144 valence electrons. The monoisotopic (exact) mass is 378 g/mol. The zero-order valence-corrected chi connectivity index (χ0v) is 15.7. The van der Waals surface area contributed by atoms with Crippen molar-refractivity contribution in [2.75, 3.05) is 25.5 Å². The molecule has 1 fully saturated rings. The average Bonchev–Trinajstić information content (AvgIpc) is 3.25. The number of amides is 2. The van der Waals surface area contributed by atoms with Gasteiger partial charge in [-0.1, -0.05) is 23.4 Å². The van der Waals surface area contributed by atoms with Crippen LogP contribution in [-0.2, 0) is 0 Å². The van der Waals surface area contributed by atoms with Crippen molar-refractivity contribution in [2.24, 2.45) is 0 Å². The van der Waals surface area contributed by atoms with Gasteiger partial charge in [0.25, 0.3) is 0 Å². The van der Waals surface area contributed by atoms with Gasteiger partial charge in [-0.15, -0.1) is 0 Å². The molecule has 28 heavy (non-hydrogen) atoms. The summed E-state index contributed by atoms with van der Waals surface area (Å²) in [6.07, 6.45) is 1.60. The molecule has 1 aromatic heterocycles. The van der Waals surface area contributed by atoms with Crippen LogP contribution in [0.15, 0.2) is 59.1 Å². The Kier molecular flexibility index (Phi) is 5.23. The molecule has 0 bridgehead atoms. The molecular weight excluding hydrogens is 356 g/mol. The molecule has 2 amide bonds. The second-order valence-electron chi connectivity index (χ2n) is 6.74. The van der Waals surface area contributed by atoms with Crippen molar-refractivity contribution in [3.8, 4) is 17.1 Å². The van der Waals surface area contributed by atoms with Crippen molar-refractivity contribution in [3.63, 3.8) is 0 Å². The van der Waals surface area contributed by atoms with Crippen LogP contribution in [0.25, 0.3) is 11.4 Å². The molecule has 2 heterocycles. The van der Waals surface area contributed by atoms with Gasteiger partial charge in [0.1, 0.15) is 5.75 Å². The van der Waals surface area contributed by atoms with E-state index in [1.54, 1.807) is 7.11 Å². The van der Waals surface area contributed by atoms with Gasteiger partial charge in [-0.3, -0.25) is 0 Å². The second kappa shape index (κ2) is 8.12. The summed E-state index contributed by atoms with van der Waals surface area (Å²) in [6.45, 7) is 1.31. The van der Waals surface area contributed by atoms with Gasteiger partial charge in [0, 0.05) is 30.3 Å². The number of para-hydroxylation sites is 1. The molecular formula is C21H22N4O3. The van der Waals surface area contributed by atoms with E-state index in [9.17, 15) is 4.79 Å². The van der Waals surface area contributed by atoms with Gasteiger partial charge in [0.2, 0.25) is 11.7 Å². The molecule has 0 aliphatic carbocycles. The molecule has 0 radical (unpaired) electrons. The van der Waals surface area contributed by atoms with E-state index in [2.05, 4.69) is 15.5 Å². The first-order valence-electron chi connectivity index (χ1n) is 9.32. The summed E-state index contributed by atoms with van der Waals surface area (Å²) in [5.74, 6) is 2.16. The number of methoxy groups -OCH3 is 1. The maximum Gasteiger partial charge on any atom is 0.321 e. The molecule has 1 aliphatic heterocycles. The minimum Gasteiger partial charge on any atom is -0.497 e. The van der Waals surface area contributed by atoms with Crippen LogP contribution in [0.5, 0.6) is 5.75 Å². The van der Waals surface area contributed by atoms with Crippen molar-refractivity contribution in [1.29, 1.82) is 0 Å². The number of ether oxygens (including phenoxy) is 1. The van der Waals surface area contributed by atoms with Gasteiger partial charge >= 0.3 is 6.03 Å². The zero-order valence-electron chi connectivity index (χ0n) is 15.7. The van der Waals surface area contributed by atoms with Gasteiger partial charge in [0.15, 0.2) is 0 Å². The van der Waals surface area contributed by atoms with Gasteiger partial charge in [-0.05, 0) is 49.2 Å². The number of hydrogen-bond donors (Lipinski definition) is 1. The van der Waals surface area contributed by atoms with Gasteiger partial charge in [-0.2, -0.15) is 4.98 Å². The number of likely N-dealkylation sites (tertiary alicyclic amines) is 1. The summed E-state index contributed by atoms with van der Waals surface area (Å²) >= 11 is 0. The van der Waals surface area contributed by atoms with E-state index in [0.717, 1.165) is 29.8 Å². The Morgan fingerprint density at radius 3 is 2.50 bits per heavy atom. The summed E-state index contributed by atoms with van der Waals surface area (Å²) in [7, 11) is 1.63. The zero-order chi connectivity index (χ0) is 19.3. The fourth-order valence-electron chi connectivity index (χ4n) is 3.31. The highest BCUT2D eigenvalue weighted by molar-refractivity contribution is 5.89. The van der Waals surface area contributed by atoms with Gasteiger partial charge in [0.05, 0.1) is 7.11 Å². The summed E-state index contributed by atoms with van der Waals surface area (Å²) < 4.78 is 10.7. The van der Waals surface area contributed by atoms with E-state index < -0.39 is 0 Å². The Morgan fingerprint density at radius 1 is 1.11 bits per heavy atom. The van der Waals surface area contributed by atoms with E-state index in [1.807, 2.05) is 59.5 Å². The minimum atomic E-state index is -0.0749. The summed E-state index contributed by atoms with van der Waals surface area (Å²) in [4.78, 5) is 18.8. The predicted octanol–water partition coefficient (Wildman–Crippen LogP) is 4.16. The van der Waals surface area contributed by atoms with Crippen LogP contribution in [0, 0.1) is 0 Å². The predicted molar refractivity (Wildman–Crippen MR) is 105 cm³/mol. The van der Waals surface area contributed by atoms with Crippen molar-refractivity contribution < 1.29 is 14.1 Å². The Morgan fingerprint density at radius 2 is 1.82 bits per heavy atom. The lowest BCUT2D eigenvalue weighted by Gasteiger charge is -2.30. The van der Waals surface area contributed by atoms with E-state index >= 15 is 0 Å². The molecule has 3 aromatic rings. The topological polar surface area (TPSA) is 80.5 Å². The van der Waals surface area contributed by atoms with Crippen LogP contribution < -0.4 is 10.1 Å². The molecule has 0 atom stereocenters. The van der Waals surface area contributed by atoms with Crippen molar-refractivity contribution in [3.05, 3.63) is 60.5 Å². The molecule has 2 aromatic carbocycles. The van der Waals surface area contributed by atoms with Gasteiger partial charge < -0.3 is 19.5 Å². The summed E-state index contributed by atoms with van der Waals surface area (Å²) in [5, 5.41) is 7.03. The highest BCUT2D eigenvalue weighted by Crippen LogP contribution is 2.29. The number of nitrogens with zero attached hydrogens (tertiary/aromatic N) is 3. The number of urea groups is 1. The third kappa shape index (κ3) is 3.98. The number of rotatable bonds is 4. The number of carbonyl (C=O) groups is 1. The number of nitrogens with one attached hydrogen (secondary N) is 1. The molecule has 1 saturated heterocycles. The highest BCUT2D eigenvalue weighted by Gasteiger charge is 2.27. The molecule has 7 heteroatoms. The maximum atomic E-state index is 12.4. The van der Waals surface area contributed by atoms with Crippen LogP contribution in [0.3, 0.4) is 0 Å². The Hall–Kier alpha value is -3.35. The number of anilines is 1. The Labute approximate surface area is 163 Å². The van der Waals surface area contributed by atoms with E-state index in [1.165, 1.54) is 0 Å². The first-order valence-corrected chi connectivity index (χ1v) is 9.32. The maximum absolute atomic E-state index is 12.4. The average molecular weight is 378 g/mol. The number of carbonyl (C=O) groups excluding carboxylic acids is 1. The second-order valence-corrected chi connectivity index (χ2v) is 6.74. The Balaban J connectivity index is 1.35. The SMILES string of the molecule is COc1ccc(-c2noc(C3CCN(C(=O)Nc4ccccc4)CC3)n2)cc1. The van der Waals surface area contributed by atoms with Crippen molar-refractivity contribution in [2.45, 2.75) is 18.8 Å². The highest BCUT2D eigenvalue weighted by atomic mass is 16.5. The van der Waals surface area contributed by atoms with Crippen LogP contribution in [0.4, 0.5) is 10.5 Å². The fraction of sp³-hybridized carbons (Fsp3) is 0.286. The third-order valence-electron chi connectivity index (χ3n) is 4.95. The molecule has 0 unspecified atom stereocenters. The summed E-state index contributed by atoms with van der Waals surface area (Å²) in [6, 6.07) is 17.0. The lowest BCUT2D eigenvalue weighted by Crippen LogP contribution is -2.40. The van der Waals surface area contributed by atoms with E-state index in [-0.39, 0.29) is 11.9 Å². The van der Waals surface area contributed by atoms with Crippen LogP contribution in [0.2, 0.25) is 0 Å². The fourth-order valence-corrected chi connectivity index (χ4v) is 3.31. The Bertz CT molecular complexity index is 916. The number of hydrogen-bond acceptors (Lipinski definition) is 5. The van der Waals surface area contributed by atoms with E-state index in [0.29, 0.717) is 24.8 Å². The molecule has 4 rings (SSSR count). The smallest absolute Gasteiger partial charge is 0.321 e. The largest absolute Gasteiger partial charge is 0.497 e. The molecule has 1 aliphatic rings. The quantitative estimate of drug-likeness (QED) is 0.737. The van der Waals surface area contributed by atoms with Crippen molar-refractivity contribution >= 4 is 11.7 Å². The molecule has 1 N–H and O–H groups in total. The number of aromatic nitrogens is 2. The van der Waals surface area contributed by atoms with Crippen LogP contribution >= 0.6 is 0 Å². The van der Waals surface area contributed by atoms with E-state index in [4.69, 9.17) is 9.26 Å². The minimum absolute atomic E-state index is 0.0749. The molecule has 7 nitrogen and oxygen atoms in total. The third-order valence-corrected chi connectivity index (χ3v) is 4.95. The number of piperidine rings is 1. The molecule has 0 saturated carbocycles. The standard InChI is InChI=1S/C21H22N4O3/c1-27-18-9-7-15(8-10-18)19-23-20(28-24-19)16-11-13-25(14-12-16)21(26)22-17-5-3-2-4-6-17/h2-10,16H,11-14H2,1H3,(H,22,26).